The lowest BCUT2D eigenvalue weighted by Gasteiger charge is -2.15. The van der Waals surface area contributed by atoms with Crippen molar-refractivity contribution in [2.75, 3.05) is 13.1 Å². The second kappa shape index (κ2) is 5.51. The molecule has 114 valence electrons. The first-order valence-electron chi connectivity index (χ1n) is 6.94. The topological polar surface area (TPSA) is 68.1 Å². The Morgan fingerprint density at radius 1 is 1.43 bits per heavy atom. The lowest BCUT2D eigenvalue weighted by Crippen LogP contribution is -2.28. The van der Waals surface area contributed by atoms with Crippen LogP contribution < -0.4 is 0 Å². The second-order valence-corrected chi connectivity index (χ2v) is 8.45. The lowest BCUT2D eigenvalue weighted by molar-refractivity contribution is 0.471. The zero-order valence-electron chi connectivity index (χ0n) is 12.1. The summed E-state index contributed by atoms with van der Waals surface area (Å²) in [4.78, 5) is 8.49. The molecular formula is C13H18N4O2S2. The summed E-state index contributed by atoms with van der Waals surface area (Å²) in [6.07, 6.45) is 6.69. The molecular weight excluding hydrogens is 308 g/mol. The molecule has 2 aromatic heterocycles. The Morgan fingerprint density at radius 2 is 2.24 bits per heavy atom. The van der Waals surface area contributed by atoms with Crippen LogP contribution in [0, 0.1) is 0 Å². The molecule has 0 aliphatic carbocycles. The van der Waals surface area contributed by atoms with E-state index in [4.69, 9.17) is 0 Å². The minimum atomic E-state index is -3.41. The molecule has 1 saturated heterocycles. The van der Waals surface area contributed by atoms with Gasteiger partial charge >= 0.3 is 0 Å². The van der Waals surface area contributed by atoms with E-state index in [2.05, 4.69) is 9.97 Å². The van der Waals surface area contributed by atoms with Crippen LogP contribution in [-0.4, -0.2) is 40.3 Å². The predicted molar refractivity (Wildman–Crippen MR) is 80.8 cm³/mol. The number of aromatic nitrogens is 3. The van der Waals surface area contributed by atoms with Gasteiger partial charge in [-0.05, 0) is 12.8 Å². The van der Waals surface area contributed by atoms with Gasteiger partial charge in [-0.1, -0.05) is 6.92 Å². The maximum atomic E-state index is 12.6. The first-order chi connectivity index (χ1) is 10.0. The molecule has 1 atom stereocenters. The van der Waals surface area contributed by atoms with E-state index in [1.54, 1.807) is 10.5 Å². The quantitative estimate of drug-likeness (QED) is 0.856. The molecule has 0 spiro atoms. The summed E-state index contributed by atoms with van der Waals surface area (Å²) in [5.74, 6) is 1.12. The Hall–Kier alpha value is -1.25. The summed E-state index contributed by atoms with van der Waals surface area (Å²) in [6.45, 7) is 3.01. The van der Waals surface area contributed by atoms with Crippen LogP contribution in [0.5, 0.6) is 0 Å². The molecule has 1 unspecified atom stereocenters. The van der Waals surface area contributed by atoms with Gasteiger partial charge in [0, 0.05) is 38.4 Å². The van der Waals surface area contributed by atoms with Crippen molar-refractivity contribution in [2.24, 2.45) is 7.05 Å². The van der Waals surface area contributed by atoms with Gasteiger partial charge in [0.2, 0.25) is 0 Å². The largest absolute Gasteiger partial charge is 0.338 e. The Morgan fingerprint density at radius 3 is 2.86 bits per heavy atom. The minimum Gasteiger partial charge on any atom is -0.338 e. The van der Waals surface area contributed by atoms with E-state index in [1.165, 1.54) is 17.5 Å². The molecule has 3 rings (SSSR count). The molecule has 8 heteroatoms. The summed E-state index contributed by atoms with van der Waals surface area (Å²) in [7, 11) is -1.47. The molecule has 0 amide bonds. The molecule has 2 aromatic rings. The fraction of sp³-hybridized carbons (Fsp3) is 0.538. The molecule has 0 N–H and O–H groups in total. The maximum absolute atomic E-state index is 12.6. The van der Waals surface area contributed by atoms with Crippen molar-refractivity contribution >= 4 is 21.4 Å². The van der Waals surface area contributed by atoms with E-state index in [-0.39, 0.29) is 5.92 Å². The van der Waals surface area contributed by atoms with E-state index in [9.17, 15) is 8.42 Å². The molecule has 1 aliphatic rings. The second-order valence-electron chi connectivity index (χ2n) is 5.17. The van der Waals surface area contributed by atoms with Crippen molar-refractivity contribution in [3.63, 3.8) is 0 Å². The van der Waals surface area contributed by atoms with Crippen LogP contribution in [0.25, 0.3) is 0 Å². The molecule has 1 fully saturated rings. The molecule has 0 saturated carbocycles. The number of sulfonamides is 1. The highest BCUT2D eigenvalue weighted by Crippen LogP contribution is 2.31. The van der Waals surface area contributed by atoms with Gasteiger partial charge in [0.05, 0.1) is 11.2 Å². The fourth-order valence-electron chi connectivity index (χ4n) is 2.63. The van der Waals surface area contributed by atoms with Crippen molar-refractivity contribution in [2.45, 2.75) is 29.9 Å². The standard InChI is InChI=1S/C13H18N4O2S2/c1-3-11-15-8-12(20-11)21(18,19)17-6-4-10(9-17)13-14-5-7-16(13)2/h5,7-8,10H,3-4,6,9H2,1-2H3. The zero-order valence-corrected chi connectivity index (χ0v) is 13.7. The number of hydrogen-bond acceptors (Lipinski definition) is 5. The Bertz CT molecular complexity index is 735. The van der Waals surface area contributed by atoms with E-state index in [0.717, 1.165) is 23.7 Å². The Kier molecular flexibility index (Phi) is 3.85. The molecule has 3 heterocycles. The van der Waals surface area contributed by atoms with Crippen molar-refractivity contribution < 1.29 is 8.42 Å². The first kappa shape index (κ1) is 14.7. The van der Waals surface area contributed by atoms with Gasteiger partial charge in [-0.15, -0.1) is 11.3 Å². The van der Waals surface area contributed by atoms with Crippen molar-refractivity contribution in [1.82, 2.24) is 18.8 Å². The van der Waals surface area contributed by atoms with Gasteiger partial charge in [0.15, 0.2) is 4.21 Å². The maximum Gasteiger partial charge on any atom is 0.254 e. The Labute approximate surface area is 128 Å². The number of aryl methyl sites for hydroxylation is 2. The highest BCUT2D eigenvalue weighted by atomic mass is 32.2. The van der Waals surface area contributed by atoms with E-state index in [1.807, 2.05) is 24.7 Å². The summed E-state index contributed by atoms with van der Waals surface area (Å²) < 4.78 is 29.1. The van der Waals surface area contributed by atoms with Gasteiger partial charge in [0.25, 0.3) is 10.0 Å². The van der Waals surface area contributed by atoms with Gasteiger partial charge in [-0.2, -0.15) is 4.31 Å². The number of rotatable bonds is 4. The highest BCUT2D eigenvalue weighted by Gasteiger charge is 2.35. The van der Waals surface area contributed by atoms with Crippen molar-refractivity contribution in [3.8, 4) is 0 Å². The lowest BCUT2D eigenvalue weighted by atomic mass is 10.1. The summed E-state index contributed by atoms with van der Waals surface area (Å²) >= 11 is 1.27. The average Bonchev–Trinajstić information content (AvgIpc) is 3.18. The van der Waals surface area contributed by atoms with Crippen LogP contribution in [0.15, 0.2) is 22.8 Å². The van der Waals surface area contributed by atoms with Crippen LogP contribution in [-0.2, 0) is 23.5 Å². The smallest absolute Gasteiger partial charge is 0.254 e. The number of thiazole rings is 1. The third kappa shape index (κ3) is 2.63. The van der Waals surface area contributed by atoms with Crippen LogP contribution >= 0.6 is 11.3 Å². The third-order valence-corrected chi connectivity index (χ3v) is 7.25. The SMILES string of the molecule is CCc1ncc(S(=O)(=O)N2CCC(c3nccn3C)C2)s1. The Balaban J connectivity index is 1.80. The van der Waals surface area contributed by atoms with Crippen LogP contribution in [0.3, 0.4) is 0 Å². The van der Waals surface area contributed by atoms with Crippen molar-refractivity contribution in [3.05, 3.63) is 29.4 Å². The van der Waals surface area contributed by atoms with Crippen LogP contribution in [0.2, 0.25) is 0 Å². The van der Waals surface area contributed by atoms with Gasteiger partial charge in [-0.25, -0.2) is 18.4 Å². The molecule has 0 bridgehead atoms. The predicted octanol–water partition coefficient (Wildman–Crippen LogP) is 1.62. The summed E-state index contributed by atoms with van der Waals surface area (Å²) in [6, 6.07) is 0. The normalized spacial score (nSPS) is 20.2. The third-order valence-electron chi connectivity index (χ3n) is 3.80. The van der Waals surface area contributed by atoms with Gasteiger partial charge in [-0.3, -0.25) is 0 Å². The molecule has 6 nitrogen and oxygen atoms in total. The summed E-state index contributed by atoms with van der Waals surface area (Å²) in [5, 5.41) is 0.855. The molecule has 0 radical (unpaired) electrons. The number of imidazole rings is 1. The first-order valence-corrected chi connectivity index (χ1v) is 9.20. The number of hydrogen-bond donors (Lipinski definition) is 0. The van der Waals surface area contributed by atoms with Crippen LogP contribution in [0.4, 0.5) is 0 Å². The molecule has 0 aromatic carbocycles. The number of nitrogens with zero attached hydrogens (tertiary/aromatic N) is 4. The molecule has 1 aliphatic heterocycles. The molecule has 21 heavy (non-hydrogen) atoms. The average molecular weight is 326 g/mol. The highest BCUT2D eigenvalue weighted by molar-refractivity contribution is 7.91. The fourth-order valence-corrected chi connectivity index (χ4v) is 5.41. The van der Waals surface area contributed by atoms with Gasteiger partial charge < -0.3 is 4.57 Å². The zero-order chi connectivity index (χ0) is 15.0. The van der Waals surface area contributed by atoms with Gasteiger partial charge in [0.1, 0.15) is 5.82 Å². The monoisotopic (exact) mass is 326 g/mol. The van der Waals surface area contributed by atoms with E-state index >= 15 is 0 Å². The summed E-state index contributed by atoms with van der Waals surface area (Å²) in [5.41, 5.74) is 0. The van der Waals surface area contributed by atoms with E-state index in [0.29, 0.717) is 17.3 Å². The van der Waals surface area contributed by atoms with Crippen molar-refractivity contribution in [1.29, 1.82) is 0 Å². The van der Waals surface area contributed by atoms with Crippen LogP contribution in [0.1, 0.15) is 30.1 Å². The minimum absolute atomic E-state index is 0.165. The van der Waals surface area contributed by atoms with E-state index < -0.39 is 10.0 Å².